The first kappa shape index (κ1) is 20.3. The molecule has 1 aromatic carbocycles. The third-order valence-electron chi connectivity index (χ3n) is 5.89. The first-order valence-corrected chi connectivity index (χ1v) is 10.9. The lowest BCUT2D eigenvalue weighted by Crippen LogP contribution is -2.46. The number of hydrogen-bond donors (Lipinski definition) is 1. The lowest BCUT2D eigenvalue weighted by atomic mass is 9.70. The highest BCUT2D eigenvalue weighted by Gasteiger charge is 2.41. The topological polar surface area (TPSA) is 67.4 Å². The molecule has 1 amide bonds. The number of piperidine rings is 1. The number of aryl methyl sites for hydroxylation is 1. The van der Waals surface area contributed by atoms with E-state index in [4.69, 9.17) is 9.72 Å². The van der Waals surface area contributed by atoms with Crippen molar-refractivity contribution in [2.24, 2.45) is 0 Å². The minimum atomic E-state index is -0.193. The number of rotatable bonds is 5. The van der Waals surface area contributed by atoms with Crippen molar-refractivity contribution < 1.29 is 9.53 Å². The number of carbonyl (C=O) groups excluding carboxylic acids is 1. The fourth-order valence-corrected chi connectivity index (χ4v) is 4.97. The largest absolute Gasteiger partial charge is 0.494 e. The van der Waals surface area contributed by atoms with Crippen LogP contribution in [0.15, 0.2) is 48.0 Å². The summed E-state index contributed by atoms with van der Waals surface area (Å²) in [4.78, 5) is 24.3. The molecule has 0 unspecified atom stereocenters. The van der Waals surface area contributed by atoms with E-state index >= 15 is 0 Å². The van der Waals surface area contributed by atoms with E-state index in [0.717, 1.165) is 29.4 Å². The Balaban J connectivity index is 1.63. The molecular formula is C23H26N4O2S. The maximum Gasteiger partial charge on any atom is 0.257 e. The molecule has 0 bridgehead atoms. The normalized spacial score (nSPS) is 15.6. The van der Waals surface area contributed by atoms with E-state index in [1.807, 2.05) is 24.9 Å². The van der Waals surface area contributed by atoms with Gasteiger partial charge in [0.25, 0.3) is 5.91 Å². The zero-order chi connectivity index (χ0) is 21.1. The second-order valence-corrected chi connectivity index (χ2v) is 8.41. The summed E-state index contributed by atoms with van der Waals surface area (Å²) in [5.41, 5.74) is 3.51. The van der Waals surface area contributed by atoms with Crippen LogP contribution >= 0.6 is 11.3 Å². The van der Waals surface area contributed by atoms with Gasteiger partial charge in [-0.1, -0.05) is 30.3 Å². The molecule has 0 radical (unpaired) electrons. The Morgan fingerprint density at radius 3 is 2.60 bits per heavy atom. The number of nitrogens with one attached hydrogen (secondary N) is 1. The molecule has 3 aromatic rings. The number of ether oxygens (including phenoxy) is 1. The van der Waals surface area contributed by atoms with Crippen molar-refractivity contribution in [1.82, 2.24) is 14.9 Å². The van der Waals surface area contributed by atoms with Gasteiger partial charge in [0.1, 0.15) is 5.75 Å². The number of hydrogen-bond acceptors (Lipinski definition) is 6. The van der Waals surface area contributed by atoms with Crippen molar-refractivity contribution in [2.45, 2.75) is 25.2 Å². The fourth-order valence-electron chi connectivity index (χ4n) is 4.20. The predicted octanol–water partition coefficient (Wildman–Crippen LogP) is 4.12. The second-order valence-electron chi connectivity index (χ2n) is 7.55. The van der Waals surface area contributed by atoms with Gasteiger partial charge in [-0.25, -0.2) is 4.98 Å². The summed E-state index contributed by atoms with van der Waals surface area (Å²) in [5.74, 6) is 0.511. The van der Waals surface area contributed by atoms with Crippen molar-refractivity contribution in [3.8, 4) is 5.75 Å². The summed E-state index contributed by atoms with van der Waals surface area (Å²) < 4.78 is 5.38. The Hall–Kier alpha value is -2.93. The Bertz CT molecular complexity index is 1030. The minimum absolute atomic E-state index is 0.00629. The summed E-state index contributed by atoms with van der Waals surface area (Å²) in [5, 5.41) is 6.20. The van der Waals surface area contributed by atoms with Gasteiger partial charge in [0.2, 0.25) is 0 Å². The highest BCUT2D eigenvalue weighted by molar-refractivity contribution is 7.13. The van der Waals surface area contributed by atoms with E-state index < -0.39 is 0 Å². The van der Waals surface area contributed by atoms with Crippen LogP contribution < -0.4 is 10.1 Å². The average Bonchev–Trinajstić information content (AvgIpc) is 3.29. The number of amides is 1. The fraction of sp³-hybridized carbons (Fsp3) is 0.348. The summed E-state index contributed by atoms with van der Waals surface area (Å²) in [6.45, 7) is 3.20. The van der Waals surface area contributed by atoms with Gasteiger partial charge in [0.15, 0.2) is 5.13 Å². The molecule has 7 heteroatoms. The molecular weight excluding hydrogens is 396 g/mol. The number of likely N-dealkylation sites (tertiary alicyclic amines) is 1. The van der Waals surface area contributed by atoms with Gasteiger partial charge in [0.05, 0.1) is 24.6 Å². The van der Waals surface area contributed by atoms with Crippen molar-refractivity contribution >= 4 is 22.4 Å². The van der Waals surface area contributed by atoms with Crippen LogP contribution in [-0.4, -0.2) is 48.0 Å². The van der Waals surface area contributed by atoms with Gasteiger partial charge in [0, 0.05) is 36.6 Å². The molecule has 1 N–H and O–H groups in total. The van der Waals surface area contributed by atoms with E-state index in [1.165, 1.54) is 5.56 Å². The van der Waals surface area contributed by atoms with Crippen LogP contribution in [0.1, 0.15) is 40.2 Å². The lowest BCUT2D eigenvalue weighted by Gasteiger charge is -2.41. The molecule has 0 aliphatic carbocycles. The maximum absolute atomic E-state index is 13.3. The van der Waals surface area contributed by atoms with Crippen LogP contribution in [0.25, 0.3) is 0 Å². The van der Waals surface area contributed by atoms with E-state index in [2.05, 4.69) is 39.9 Å². The molecule has 0 spiro atoms. The quantitative estimate of drug-likeness (QED) is 0.670. The molecule has 156 valence electrons. The summed E-state index contributed by atoms with van der Waals surface area (Å²) in [7, 11) is 3.46. The van der Waals surface area contributed by atoms with Crippen molar-refractivity contribution in [3.05, 3.63) is 70.5 Å². The zero-order valence-electron chi connectivity index (χ0n) is 17.5. The SMILES string of the molecule is CNc1nc(C2(c3ccccc3)CCN(C(=O)c3cc(C)ncc3OC)CC2)cs1. The second kappa shape index (κ2) is 8.44. The lowest BCUT2D eigenvalue weighted by molar-refractivity contribution is 0.0680. The van der Waals surface area contributed by atoms with Crippen LogP contribution in [0.3, 0.4) is 0 Å². The van der Waals surface area contributed by atoms with E-state index in [1.54, 1.807) is 30.7 Å². The Morgan fingerprint density at radius 2 is 1.97 bits per heavy atom. The van der Waals surface area contributed by atoms with Gasteiger partial charge in [-0.05, 0) is 31.4 Å². The van der Waals surface area contributed by atoms with Crippen LogP contribution in [0.4, 0.5) is 5.13 Å². The summed E-state index contributed by atoms with van der Waals surface area (Å²) in [6.07, 6.45) is 3.26. The number of pyridine rings is 1. The van der Waals surface area contributed by atoms with Crippen molar-refractivity contribution in [3.63, 3.8) is 0 Å². The molecule has 1 aliphatic rings. The van der Waals surface area contributed by atoms with Gasteiger partial charge in [-0.2, -0.15) is 0 Å². The smallest absolute Gasteiger partial charge is 0.257 e. The maximum atomic E-state index is 13.3. The molecule has 0 atom stereocenters. The molecule has 2 aromatic heterocycles. The number of thiazole rings is 1. The Morgan fingerprint density at radius 1 is 1.23 bits per heavy atom. The molecule has 30 heavy (non-hydrogen) atoms. The number of aromatic nitrogens is 2. The molecule has 4 rings (SSSR count). The Kier molecular flexibility index (Phi) is 5.72. The number of methoxy groups -OCH3 is 1. The average molecular weight is 423 g/mol. The first-order chi connectivity index (χ1) is 14.6. The van der Waals surface area contributed by atoms with Crippen LogP contribution in [0.5, 0.6) is 5.75 Å². The Labute approximate surface area is 180 Å². The number of nitrogens with zero attached hydrogens (tertiary/aromatic N) is 3. The van der Waals surface area contributed by atoms with Crippen molar-refractivity contribution in [1.29, 1.82) is 0 Å². The van der Waals surface area contributed by atoms with Gasteiger partial charge in [-0.3, -0.25) is 9.78 Å². The van der Waals surface area contributed by atoms with E-state index in [9.17, 15) is 4.79 Å². The summed E-state index contributed by atoms with van der Waals surface area (Å²) >= 11 is 1.62. The predicted molar refractivity (Wildman–Crippen MR) is 120 cm³/mol. The van der Waals surface area contributed by atoms with Crippen molar-refractivity contribution in [2.75, 3.05) is 32.6 Å². The van der Waals surface area contributed by atoms with Crippen LogP contribution in [0, 0.1) is 6.92 Å². The molecule has 1 saturated heterocycles. The van der Waals surface area contributed by atoms with Crippen LogP contribution in [-0.2, 0) is 5.41 Å². The van der Waals surface area contributed by atoms with Gasteiger partial charge in [-0.15, -0.1) is 11.3 Å². The third-order valence-corrected chi connectivity index (χ3v) is 6.75. The minimum Gasteiger partial charge on any atom is -0.494 e. The van der Waals surface area contributed by atoms with Gasteiger partial charge >= 0.3 is 0 Å². The highest BCUT2D eigenvalue weighted by Crippen LogP contribution is 2.43. The zero-order valence-corrected chi connectivity index (χ0v) is 18.3. The summed E-state index contributed by atoms with van der Waals surface area (Å²) in [6, 6.07) is 12.3. The molecule has 6 nitrogen and oxygen atoms in total. The van der Waals surface area contributed by atoms with E-state index in [0.29, 0.717) is 24.4 Å². The molecule has 1 fully saturated rings. The molecule has 1 aliphatic heterocycles. The number of carbonyl (C=O) groups is 1. The molecule has 3 heterocycles. The standard InChI is InChI=1S/C23H26N4O2S/c1-16-13-18(19(29-3)14-25-16)21(28)27-11-9-23(10-12-27,17-7-5-4-6-8-17)20-15-30-22(24-2)26-20/h4-8,13-15H,9-12H2,1-3H3,(H,24,26). The van der Waals surface area contributed by atoms with Crippen LogP contribution in [0.2, 0.25) is 0 Å². The molecule has 0 saturated carbocycles. The third kappa shape index (κ3) is 3.65. The highest BCUT2D eigenvalue weighted by atomic mass is 32.1. The number of anilines is 1. The van der Waals surface area contributed by atoms with E-state index in [-0.39, 0.29) is 11.3 Å². The monoisotopic (exact) mass is 422 g/mol. The first-order valence-electron chi connectivity index (χ1n) is 10.1. The number of benzene rings is 1. The van der Waals surface area contributed by atoms with Gasteiger partial charge < -0.3 is 15.0 Å².